The average molecular weight is 271 g/mol. The molecule has 3 heteroatoms. The molecule has 0 unspecified atom stereocenters. The molecule has 0 bridgehead atoms. The van der Waals surface area contributed by atoms with E-state index in [2.05, 4.69) is 0 Å². The van der Waals surface area contributed by atoms with E-state index in [4.69, 9.17) is 10.5 Å². The van der Waals surface area contributed by atoms with Crippen LogP contribution in [0.2, 0.25) is 0 Å². The predicted molar refractivity (Wildman–Crippen MR) is 82.6 cm³/mol. The highest BCUT2D eigenvalue weighted by molar-refractivity contribution is 5.54. The Morgan fingerprint density at radius 1 is 1.05 bits per heavy atom. The third-order valence-corrected chi connectivity index (χ3v) is 3.32. The molecule has 0 radical (unpaired) electrons. The predicted octanol–water partition coefficient (Wildman–Crippen LogP) is 4.51. The molecule has 0 atom stereocenters. The standard InChI is InChI=1S/C17H21NO2/c1-10(2)15-9-14(5-6-16(15)19)20-17-11(3)7-13(18)8-12(17)4/h5-10,19H,18H2,1-4H3. The first kappa shape index (κ1) is 14.3. The van der Waals surface area contributed by atoms with Crippen molar-refractivity contribution >= 4 is 5.69 Å². The molecule has 0 aliphatic rings. The molecule has 2 rings (SSSR count). The molecule has 106 valence electrons. The molecular weight excluding hydrogens is 250 g/mol. The summed E-state index contributed by atoms with van der Waals surface area (Å²) in [7, 11) is 0. The number of ether oxygens (including phenoxy) is 1. The van der Waals surface area contributed by atoms with Gasteiger partial charge in [0.2, 0.25) is 0 Å². The Labute approximate surface area is 120 Å². The molecular formula is C17H21NO2. The lowest BCUT2D eigenvalue weighted by molar-refractivity contribution is 0.452. The van der Waals surface area contributed by atoms with E-state index in [1.165, 1.54) is 0 Å². The molecule has 0 heterocycles. The number of phenols is 1. The van der Waals surface area contributed by atoms with Crippen LogP contribution in [0, 0.1) is 13.8 Å². The van der Waals surface area contributed by atoms with E-state index in [-0.39, 0.29) is 5.92 Å². The van der Waals surface area contributed by atoms with Crippen molar-refractivity contribution in [1.29, 1.82) is 0 Å². The van der Waals surface area contributed by atoms with E-state index in [9.17, 15) is 5.11 Å². The highest BCUT2D eigenvalue weighted by Gasteiger charge is 2.10. The normalized spacial score (nSPS) is 10.8. The molecule has 0 saturated heterocycles. The quantitative estimate of drug-likeness (QED) is 0.808. The minimum Gasteiger partial charge on any atom is -0.508 e. The molecule has 0 fully saturated rings. The number of benzene rings is 2. The fraction of sp³-hybridized carbons (Fsp3) is 0.294. The second-order valence-electron chi connectivity index (χ2n) is 5.46. The van der Waals surface area contributed by atoms with Crippen LogP contribution >= 0.6 is 0 Å². The van der Waals surface area contributed by atoms with Crippen LogP contribution in [-0.4, -0.2) is 5.11 Å². The van der Waals surface area contributed by atoms with Gasteiger partial charge in [0.05, 0.1) is 0 Å². The smallest absolute Gasteiger partial charge is 0.133 e. The van der Waals surface area contributed by atoms with Crippen LogP contribution < -0.4 is 10.5 Å². The zero-order valence-corrected chi connectivity index (χ0v) is 12.4. The van der Waals surface area contributed by atoms with E-state index in [0.717, 1.165) is 33.9 Å². The minimum absolute atomic E-state index is 0.243. The molecule has 3 N–H and O–H groups in total. The Morgan fingerprint density at radius 3 is 2.20 bits per heavy atom. The zero-order chi connectivity index (χ0) is 14.9. The van der Waals surface area contributed by atoms with Crippen LogP contribution in [0.3, 0.4) is 0 Å². The van der Waals surface area contributed by atoms with Crippen molar-refractivity contribution in [3.63, 3.8) is 0 Å². The molecule has 20 heavy (non-hydrogen) atoms. The first-order valence-electron chi connectivity index (χ1n) is 6.76. The Bertz CT molecular complexity index is 610. The monoisotopic (exact) mass is 271 g/mol. The summed E-state index contributed by atoms with van der Waals surface area (Å²) in [4.78, 5) is 0. The number of anilines is 1. The number of aromatic hydroxyl groups is 1. The van der Waals surface area contributed by atoms with Crippen LogP contribution in [-0.2, 0) is 0 Å². The Balaban J connectivity index is 2.38. The maximum absolute atomic E-state index is 9.84. The van der Waals surface area contributed by atoms with Crippen LogP contribution in [0.25, 0.3) is 0 Å². The maximum atomic E-state index is 9.84. The topological polar surface area (TPSA) is 55.5 Å². The van der Waals surface area contributed by atoms with Crippen molar-refractivity contribution in [2.75, 3.05) is 5.73 Å². The summed E-state index contributed by atoms with van der Waals surface area (Å²) in [6.45, 7) is 8.03. The maximum Gasteiger partial charge on any atom is 0.133 e. The fourth-order valence-corrected chi connectivity index (χ4v) is 2.32. The van der Waals surface area contributed by atoms with Crippen LogP contribution in [0.1, 0.15) is 36.5 Å². The molecule has 0 saturated carbocycles. The Morgan fingerprint density at radius 2 is 1.65 bits per heavy atom. The number of phenolic OH excluding ortho intramolecular Hbond substituents is 1. The van der Waals surface area contributed by atoms with Crippen molar-refractivity contribution < 1.29 is 9.84 Å². The molecule has 0 spiro atoms. The third-order valence-electron chi connectivity index (χ3n) is 3.32. The number of rotatable bonds is 3. The number of aryl methyl sites for hydroxylation is 2. The van der Waals surface area contributed by atoms with E-state index in [0.29, 0.717) is 5.75 Å². The van der Waals surface area contributed by atoms with Crippen molar-refractivity contribution in [1.82, 2.24) is 0 Å². The average Bonchev–Trinajstić information content (AvgIpc) is 2.35. The summed E-state index contributed by atoms with van der Waals surface area (Å²) in [6.07, 6.45) is 0. The summed E-state index contributed by atoms with van der Waals surface area (Å²) in [5.74, 6) is 2.09. The highest BCUT2D eigenvalue weighted by atomic mass is 16.5. The Kier molecular flexibility index (Phi) is 3.89. The van der Waals surface area contributed by atoms with E-state index < -0.39 is 0 Å². The minimum atomic E-state index is 0.243. The van der Waals surface area contributed by atoms with Gasteiger partial charge in [0.25, 0.3) is 0 Å². The van der Waals surface area contributed by atoms with Gasteiger partial charge in [-0.25, -0.2) is 0 Å². The summed E-state index contributed by atoms with van der Waals surface area (Å²) < 4.78 is 5.97. The number of nitrogen functional groups attached to an aromatic ring is 1. The number of hydrogen-bond donors (Lipinski definition) is 2. The van der Waals surface area contributed by atoms with Gasteiger partial charge in [0, 0.05) is 11.3 Å². The lowest BCUT2D eigenvalue weighted by atomic mass is 10.0. The zero-order valence-electron chi connectivity index (χ0n) is 12.4. The summed E-state index contributed by atoms with van der Waals surface area (Å²) in [5.41, 5.74) is 9.44. The molecule has 3 nitrogen and oxygen atoms in total. The lowest BCUT2D eigenvalue weighted by Gasteiger charge is -2.15. The SMILES string of the molecule is Cc1cc(N)cc(C)c1Oc1ccc(O)c(C(C)C)c1. The van der Waals surface area contributed by atoms with Crippen molar-refractivity contribution in [2.24, 2.45) is 0 Å². The van der Waals surface area contributed by atoms with Crippen molar-refractivity contribution in [2.45, 2.75) is 33.6 Å². The second-order valence-corrected chi connectivity index (χ2v) is 5.46. The summed E-state index contributed by atoms with van der Waals surface area (Å²) in [5, 5.41) is 9.84. The van der Waals surface area contributed by atoms with Gasteiger partial charge in [-0.1, -0.05) is 13.8 Å². The van der Waals surface area contributed by atoms with Gasteiger partial charge in [-0.3, -0.25) is 0 Å². The molecule has 2 aromatic rings. The van der Waals surface area contributed by atoms with Crippen molar-refractivity contribution in [3.05, 3.63) is 47.0 Å². The van der Waals surface area contributed by atoms with Crippen molar-refractivity contribution in [3.8, 4) is 17.2 Å². The van der Waals surface area contributed by atoms with Gasteiger partial charge in [-0.05, 0) is 61.2 Å². The highest BCUT2D eigenvalue weighted by Crippen LogP contribution is 2.34. The number of hydrogen-bond acceptors (Lipinski definition) is 3. The first-order chi connectivity index (χ1) is 9.38. The van der Waals surface area contributed by atoms with E-state index in [1.807, 2.05) is 45.9 Å². The van der Waals surface area contributed by atoms with Crippen LogP contribution in [0.5, 0.6) is 17.2 Å². The van der Waals surface area contributed by atoms with Crippen LogP contribution in [0.4, 0.5) is 5.69 Å². The third kappa shape index (κ3) is 2.87. The van der Waals surface area contributed by atoms with Gasteiger partial charge in [0.15, 0.2) is 0 Å². The Hall–Kier alpha value is -2.16. The van der Waals surface area contributed by atoms with E-state index in [1.54, 1.807) is 12.1 Å². The molecule has 2 aromatic carbocycles. The molecule has 0 aromatic heterocycles. The molecule has 0 amide bonds. The van der Waals surface area contributed by atoms with Gasteiger partial charge in [-0.2, -0.15) is 0 Å². The van der Waals surface area contributed by atoms with Crippen LogP contribution in [0.15, 0.2) is 30.3 Å². The number of nitrogens with two attached hydrogens (primary N) is 1. The van der Waals surface area contributed by atoms with Gasteiger partial charge >= 0.3 is 0 Å². The second kappa shape index (κ2) is 5.45. The fourth-order valence-electron chi connectivity index (χ4n) is 2.32. The van der Waals surface area contributed by atoms with Gasteiger partial charge in [-0.15, -0.1) is 0 Å². The van der Waals surface area contributed by atoms with Gasteiger partial charge in [0.1, 0.15) is 17.2 Å². The lowest BCUT2D eigenvalue weighted by Crippen LogP contribution is -1.95. The summed E-state index contributed by atoms with van der Waals surface area (Å²) >= 11 is 0. The summed E-state index contributed by atoms with van der Waals surface area (Å²) in [6, 6.07) is 9.12. The van der Waals surface area contributed by atoms with E-state index >= 15 is 0 Å². The van der Waals surface area contributed by atoms with Gasteiger partial charge < -0.3 is 15.6 Å². The molecule has 0 aliphatic heterocycles. The first-order valence-corrected chi connectivity index (χ1v) is 6.76. The molecule has 0 aliphatic carbocycles. The largest absolute Gasteiger partial charge is 0.508 e.